The molecule has 4 heteroatoms. The van der Waals surface area contributed by atoms with Gasteiger partial charge in [-0.2, -0.15) is 0 Å². The van der Waals surface area contributed by atoms with Crippen molar-refractivity contribution >= 4 is 0 Å². The van der Waals surface area contributed by atoms with Gasteiger partial charge in [-0.25, -0.2) is 0 Å². The minimum atomic E-state index is -0.505. The van der Waals surface area contributed by atoms with Gasteiger partial charge in [0.1, 0.15) is 5.75 Å². The third kappa shape index (κ3) is 1.02. The van der Waals surface area contributed by atoms with Gasteiger partial charge in [0, 0.05) is 6.07 Å². The summed E-state index contributed by atoms with van der Waals surface area (Å²) in [6, 6.07) is 2.15. The maximum Gasteiger partial charge on any atom is 0.380 e. The van der Waals surface area contributed by atoms with E-state index >= 15 is 0 Å². The summed E-state index contributed by atoms with van der Waals surface area (Å²) >= 11 is 0. The van der Waals surface area contributed by atoms with Gasteiger partial charge in [-0.05, 0) is 0 Å². The second-order valence-corrected chi connectivity index (χ2v) is 1.57. The van der Waals surface area contributed by atoms with E-state index in [9.17, 15) is 5.21 Å². The number of aromatic nitrogens is 1. The van der Waals surface area contributed by atoms with Crippen molar-refractivity contribution in [2.24, 2.45) is 0 Å². The van der Waals surface area contributed by atoms with Gasteiger partial charge in [0.2, 0.25) is 0 Å². The Labute approximate surface area is 51.2 Å². The van der Waals surface area contributed by atoms with E-state index in [1.54, 1.807) is 0 Å². The van der Waals surface area contributed by atoms with E-state index in [-0.39, 0.29) is 10.5 Å². The molecule has 0 aliphatic carbocycles. The average Bonchev–Trinajstić information content (AvgIpc) is 1.80. The standard InChI is InChI=1S/C5H5NO3/c7-4-1-2-6(9)5(8)3-4/h1-3,7-8H. The van der Waals surface area contributed by atoms with Crippen LogP contribution in [0.1, 0.15) is 0 Å². The molecule has 1 rings (SSSR count). The molecule has 0 atom stereocenters. The second-order valence-electron chi connectivity index (χ2n) is 1.57. The van der Waals surface area contributed by atoms with Crippen molar-refractivity contribution in [2.75, 3.05) is 0 Å². The Morgan fingerprint density at radius 2 is 2.11 bits per heavy atom. The summed E-state index contributed by atoms with van der Waals surface area (Å²) < 4.78 is 0.250. The Hall–Kier alpha value is -1.45. The molecule has 0 aromatic carbocycles. The van der Waals surface area contributed by atoms with Gasteiger partial charge in [0.25, 0.3) is 0 Å². The smallest absolute Gasteiger partial charge is 0.380 e. The molecule has 0 aliphatic heterocycles. The third-order valence-electron chi connectivity index (χ3n) is 0.883. The van der Waals surface area contributed by atoms with Crippen LogP contribution in [0.15, 0.2) is 18.3 Å². The SMILES string of the molecule is [O-][n+]1ccc(O)cc1O. The van der Waals surface area contributed by atoms with E-state index in [2.05, 4.69) is 0 Å². The molecule has 0 fully saturated rings. The first-order valence-corrected chi connectivity index (χ1v) is 2.31. The van der Waals surface area contributed by atoms with E-state index in [1.165, 1.54) is 6.07 Å². The number of pyridine rings is 1. The fourth-order valence-corrected chi connectivity index (χ4v) is 0.464. The van der Waals surface area contributed by atoms with Gasteiger partial charge in [0.15, 0.2) is 6.20 Å². The van der Waals surface area contributed by atoms with Crippen LogP contribution in [0.5, 0.6) is 11.6 Å². The van der Waals surface area contributed by atoms with Crippen LogP contribution in [-0.2, 0) is 0 Å². The predicted molar refractivity (Wildman–Crippen MR) is 28.7 cm³/mol. The topological polar surface area (TPSA) is 67.4 Å². The van der Waals surface area contributed by atoms with Crippen LogP contribution in [0.25, 0.3) is 0 Å². The summed E-state index contributed by atoms with van der Waals surface area (Å²) in [7, 11) is 0. The zero-order chi connectivity index (χ0) is 6.85. The van der Waals surface area contributed by atoms with Crippen LogP contribution in [0.3, 0.4) is 0 Å². The number of rotatable bonds is 0. The summed E-state index contributed by atoms with van der Waals surface area (Å²) in [5.41, 5.74) is 0. The first kappa shape index (κ1) is 5.68. The van der Waals surface area contributed by atoms with Gasteiger partial charge in [0.05, 0.1) is 6.07 Å². The highest BCUT2D eigenvalue weighted by atomic mass is 16.5. The molecule has 0 saturated carbocycles. The van der Waals surface area contributed by atoms with E-state index in [4.69, 9.17) is 10.2 Å². The number of hydrogen-bond donors (Lipinski definition) is 2. The van der Waals surface area contributed by atoms with Crippen molar-refractivity contribution in [1.82, 2.24) is 0 Å². The van der Waals surface area contributed by atoms with Crippen LogP contribution in [0, 0.1) is 5.21 Å². The lowest BCUT2D eigenvalue weighted by Crippen LogP contribution is -2.24. The lowest BCUT2D eigenvalue weighted by molar-refractivity contribution is -0.613. The Balaban J connectivity index is 3.17. The summed E-state index contributed by atoms with van der Waals surface area (Å²) in [6.07, 6.45) is 1.02. The van der Waals surface area contributed by atoms with E-state index < -0.39 is 5.88 Å². The van der Waals surface area contributed by atoms with Crippen molar-refractivity contribution in [1.29, 1.82) is 0 Å². The van der Waals surface area contributed by atoms with Crippen molar-refractivity contribution in [3.05, 3.63) is 23.5 Å². The maximum absolute atomic E-state index is 10.3. The van der Waals surface area contributed by atoms with Gasteiger partial charge < -0.3 is 15.4 Å². The number of nitrogens with zero attached hydrogens (tertiary/aromatic N) is 1. The van der Waals surface area contributed by atoms with Gasteiger partial charge >= 0.3 is 5.88 Å². The first-order chi connectivity index (χ1) is 4.20. The van der Waals surface area contributed by atoms with E-state index in [0.717, 1.165) is 12.3 Å². The number of hydrogen-bond acceptors (Lipinski definition) is 3. The first-order valence-electron chi connectivity index (χ1n) is 2.31. The van der Waals surface area contributed by atoms with Crippen LogP contribution >= 0.6 is 0 Å². The van der Waals surface area contributed by atoms with Crippen LogP contribution in [-0.4, -0.2) is 10.2 Å². The molecular formula is C5H5NO3. The molecule has 0 amide bonds. The van der Waals surface area contributed by atoms with Crippen molar-refractivity contribution in [2.45, 2.75) is 0 Å². The highest BCUT2D eigenvalue weighted by Crippen LogP contribution is 2.09. The molecule has 1 aromatic rings. The third-order valence-corrected chi connectivity index (χ3v) is 0.883. The Morgan fingerprint density at radius 1 is 1.44 bits per heavy atom. The lowest BCUT2D eigenvalue weighted by atomic mass is 10.4. The maximum atomic E-state index is 10.3. The molecular weight excluding hydrogens is 122 g/mol. The molecule has 48 valence electrons. The quantitative estimate of drug-likeness (QED) is 0.372. The summed E-state index contributed by atoms with van der Waals surface area (Å²) in [6.45, 7) is 0. The average molecular weight is 127 g/mol. The molecule has 0 spiro atoms. The summed E-state index contributed by atoms with van der Waals surface area (Å²) in [5.74, 6) is -0.630. The minimum Gasteiger partial charge on any atom is -0.616 e. The van der Waals surface area contributed by atoms with Crippen LogP contribution < -0.4 is 4.73 Å². The highest BCUT2D eigenvalue weighted by molar-refractivity contribution is 5.19. The van der Waals surface area contributed by atoms with Crippen molar-refractivity contribution < 1.29 is 14.9 Å². The fraction of sp³-hybridized carbons (Fsp3) is 0. The number of aromatic hydroxyl groups is 2. The van der Waals surface area contributed by atoms with Crippen molar-refractivity contribution in [3.8, 4) is 11.6 Å². The largest absolute Gasteiger partial charge is 0.616 e. The zero-order valence-corrected chi connectivity index (χ0v) is 4.48. The molecule has 9 heavy (non-hydrogen) atoms. The molecule has 0 radical (unpaired) electrons. The van der Waals surface area contributed by atoms with Gasteiger partial charge in [-0.15, -0.1) is 4.73 Å². The summed E-state index contributed by atoms with van der Waals surface area (Å²) in [4.78, 5) is 0. The molecule has 0 aliphatic rings. The molecule has 0 saturated heterocycles. The minimum absolute atomic E-state index is 0.125. The van der Waals surface area contributed by atoms with Crippen molar-refractivity contribution in [3.63, 3.8) is 0 Å². The summed E-state index contributed by atoms with van der Waals surface area (Å²) in [5, 5.41) is 27.5. The Kier molecular flexibility index (Phi) is 1.14. The molecule has 4 nitrogen and oxygen atoms in total. The van der Waals surface area contributed by atoms with E-state index in [0.29, 0.717) is 0 Å². The lowest BCUT2D eigenvalue weighted by Gasteiger charge is -1.95. The fourth-order valence-electron chi connectivity index (χ4n) is 0.464. The molecule has 2 N–H and O–H groups in total. The molecule has 0 bridgehead atoms. The molecule has 1 heterocycles. The van der Waals surface area contributed by atoms with Crippen LogP contribution in [0.2, 0.25) is 0 Å². The monoisotopic (exact) mass is 127 g/mol. The van der Waals surface area contributed by atoms with Gasteiger partial charge in [-0.1, -0.05) is 0 Å². The predicted octanol–water partition coefficient (Wildman–Crippen LogP) is -0.269. The molecule has 1 aromatic heterocycles. The normalized spacial score (nSPS) is 9.33. The van der Waals surface area contributed by atoms with Crippen LogP contribution in [0.4, 0.5) is 0 Å². The zero-order valence-electron chi connectivity index (χ0n) is 4.48. The Bertz CT molecular complexity index is 223. The second kappa shape index (κ2) is 1.81. The highest BCUT2D eigenvalue weighted by Gasteiger charge is 2.00. The molecule has 0 unspecified atom stereocenters. The Morgan fingerprint density at radius 3 is 2.56 bits per heavy atom. The van der Waals surface area contributed by atoms with E-state index in [1.807, 2.05) is 0 Å². The van der Waals surface area contributed by atoms with Gasteiger partial charge in [-0.3, -0.25) is 0 Å².